The van der Waals surface area contributed by atoms with Crippen LogP contribution in [-0.2, 0) is 10.2 Å². The molecule has 0 N–H and O–H groups in total. The summed E-state index contributed by atoms with van der Waals surface area (Å²) in [6.07, 6.45) is 1.96. The number of fused-ring (bicyclic) bond motifs is 1. The van der Waals surface area contributed by atoms with E-state index in [9.17, 15) is 4.79 Å². The van der Waals surface area contributed by atoms with Crippen molar-refractivity contribution < 1.29 is 4.79 Å². The number of hydrogen-bond acceptors (Lipinski definition) is 4. The van der Waals surface area contributed by atoms with Crippen molar-refractivity contribution in [1.82, 2.24) is 4.90 Å². The quantitative estimate of drug-likeness (QED) is 0.449. The Labute approximate surface area is 200 Å². The fourth-order valence-electron chi connectivity index (χ4n) is 4.39. The fraction of sp³-hybridized carbons (Fsp3) is 0.286. The molecule has 2 heterocycles. The number of carbonyl (C=O) groups excluding carboxylic acids is 1. The Hall–Kier alpha value is -3.05. The topological polar surface area (TPSA) is 35.9 Å². The van der Waals surface area contributed by atoms with Gasteiger partial charge in [-0.1, -0.05) is 81.4 Å². The lowest BCUT2D eigenvalue weighted by atomic mass is 9.87. The maximum atomic E-state index is 12.6. The fourth-order valence-corrected chi connectivity index (χ4v) is 5.35. The first kappa shape index (κ1) is 21.8. The van der Waals surface area contributed by atoms with Crippen LogP contribution in [0.15, 0.2) is 76.6 Å². The van der Waals surface area contributed by atoms with Crippen LogP contribution in [0.2, 0.25) is 0 Å². The van der Waals surface area contributed by atoms with Crippen molar-refractivity contribution in [2.75, 3.05) is 31.1 Å². The summed E-state index contributed by atoms with van der Waals surface area (Å²) < 4.78 is 0. The molecule has 1 saturated heterocycles. The molecule has 1 amide bonds. The van der Waals surface area contributed by atoms with Gasteiger partial charge < -0.3 is 9.80 Å². The van der Waals surface area contributed by atoms with Crippen molar-refractivity contribution in [3.63, 3.8) is 0 Å². The third kappa shape index (κ3) is 4.55. The van der Waals surface area contributed by atoms with Gasteiger partial charge in [-0.25, -0.2) is 0 Å². The lowest BCUT2D eigenvalue weighted by molar-refractivity contribution is -0.113. The zero-order valence-electron chi connectivity index (χ0n) is 19.4. The first-order chi connectivity index (χ1) is 15.9. The molecule has 33 heavy (non-hydrogen) atoms. The van der Waals surface area contributed by atoms with Gasteiger partial charge in [-0.2, -0.15) is 4.99 Å². The van der Waals surface area contributed by atoms with E-state index in [1.807, 2.05) is 6.08 Å². The summed E-state index contributed by atoms with van der Waals surface area (Å²) in [6.45, 7) is 10.2. The Morgan fingerprint density at radius 3 is 2.24 bits per heavy atom. The Morgan fingerprint density at radius 1 is 0.848 bits per heavy atom. The number of hydrogen-bond donors (Lipinski definition) is 0. The molecule has 3 aromatic rings. The number of amides is 1. The van der Waals surface area contributed by atoms with Gasteiger partial charge >= 0.3 is 0 Å². The van der Waals surface area contributed by atoms with Crippen LogP contribution in [-0.4, -0.2) is 42.2 Å². The van der Waals surface area contributed by atoms with Gasteiger partial charge in [0.25, 0.3) is 5.91 Å². The van der Waals surface area contributed by atoms with Crippen molar-refractivity contribution in [3.05, 3.63) is 82.8 Å². The SMILES string of the molecule is CC(C)(C)c1ccc(C=C2SC(N3CCN(c4cccc5ccccc45)CC3)=NC2=O)cc1. The zero-order chi connectivity index (χ0) is 23.0. The summed E-state index contributed by atoms with van der Waals surface area (Å²) >= 11 is 1.50. The second-order valence-corrected chi connectivity index (χ2v) is 10.7. The Morgan fingerprint density at radius 2 is 1.52 bits per heavy atom. The van der Waals surface area contributed by atoms with Crippen LogP contribution in [0.1, 0.15) is 31.9 Å². The third-order valence-electron chi connectivity index (χ3n) is 6.34. The summed E-state index contributed by atoms with van der Waals surface area (Å²) in [7, 11) is 0. The maximum absolute atomic E-state index is 12.6. The van der Waals surface area contributed by atoms with Crippen LogP contribution in [0.4, 0.5) is 5.69 Å². The first-order valence-electron chi connectivity index (χ1n) is 11.5. The molecule has 5 rings (SSSR count). The number of nitrogens with zero attached hydrogens (tertiary/aromatic N) is 3. The molecule has 0 aliphatic carbocycles. The molecule has 0 saturated carbocycles. The molecule has 3 aromatic carbocycles. The Bertz CT molecular complexity index is 1240. The van der Waals surface area contributed by atoms with E-state index in [-0.39, 0.29) is 11.3 Å². The minimum Gasteiger partial charge on any atom is -0.367 e. The second kappa shape index (κ2) is 8.71. The summed E-state index contributed by atoms with van der Waals surface area (Å²) in [5.74, 6) is -0.133. The Kier molecular flexibility index (Phi) is 5.75. The van der Waals surface area contributed by atoms with Crippen LogP contribution < -0.4 is 4.90 Å². The molecule has 0 radical (unpaired) electrons. The molecule has 0 bridgehead atoms. The lowest BCUT2D eigenvalue weighted by Gasteiger charge is -2.37. The van der Waals surface area contributed by atoms with E-state index in [1.165, 1.54) is 33.8 Å². The van der Waals surface area contributed by atoms with Gasteiger partial charge in [0.2, 0.25) is 0 Å². The minimum atomic E-state index is -0.133. The first-order valence-corrected chi connectivity index (χ1v) is 12.3. The van der Waals surface area contributed by atoms with Crippen LogP contribution in [0.3, 0.4) is 0 Å². The van der Waals surface area contributed by atoms with Crippen LogP contribution in [0.25, 0.3) is 16.8 Å². The van der Waals surface area contributed by atoms with E-state index < -0.39 is 0 Å². The molecule has 0 unspecified atom stereocenters. The third-order valence-corrected chi connectivity index (χ3v) is 7.39. The van der Waals surface area contributed by atoms with Crippen molar-refractivity contribution in [2.45, 2.75) is 26.2 Å². The molecular weight excluding hydrogens is 426 g/mol. The second-order valence-electron chi connectivity index (χ2n) is 9.65. The van der Waals surface area contributed by atoms with E-state index >= 15 is 0 Å². The molecule has 0 spiro atoms. The molecule has 0 atom stereocenters. The normalized spacial score (nSPS) is 18.3. The Balaban J connectivity index is 1.25. The van der Waals surface area contributed by atoms with Crippen LogP contribution in [0, 0.1) is 0 Å². The average molecular weight is 456 g/mol. The summed E-state index contributed by atoms with van der Waals surface area (Å²) in [4.78, 5) is 22.3. The highest BCUT2D eigenvalue weighted by Gasteiger charge is 2.29. The van der Waals surface area contributed by atoms with Crippen molar-refractivity contribution in [2.24, 2.45) is 4.99 Å². The van der Waals surface area contributed by atoms with Gasteiger partial charge in [-0.05, 0) is 45.8 Å². The monoisotopic (exact) mass is 455 g/mol. The number of carbonyl (C=O) groups is 1. The molecule has 4 nitrogen and oxygen atoms in total. The van der Waals surface area contributed by atoms with Crippen molar-refractivity contribution >= 4 is 45.4 Å². The van der Waals surface area contributed by atoms with Crippen molar-refractivity contribution in [3.8, 4) is 0 Å². The molecule has 2 aliphatic heterocycles. The minimum absolute atomic E-state index is 0.119. The smallest absolute Gasteiger partial charge is 0.286 e. The van der Waals surface area contributed by atoms with Gasteiger partial charge in [0.15, 0.2) is 5.17 Å². The number of aliphatic imine (C=N–C) groups is 1. The van der Waals surface area contributed by atoms with Crippen molar-refractivity contribution in [1.29, 1.82) is 0 Å². The number of thioether (sulfide) groups is 1. The van der Waals surface area contributed by atoms with Gasteiger partial charge in [0.05, 0.1) is 4.91 Å². The number of rotatable bonds is 2. The van der Waals surface area contributed by atoms with E-state index in [1.54, 1.807) is 0 Å². The van der Waals surface area contributed by atoms with Gasteiger partial charge in [0.1, 0.15) is 0 Å². The van der Waals surface area contributed by atoms with Gasteiger partial charge in [-0.3, -0.25) is 4.79 Å². The van der Waals surface area contributed by atoms with Gasteiger partial charge in [0, 0.05) is 37.3 Å². The number of benzene rings is 3. The standard InChI is InChI=1S/C28H29N3OS/c1-28(2,3)22-13-11-20(12-14-22)19-25-26(32)29-27(33-25)31-17-15-30(16-18-31)24-10-6-8-21-7-4-5-9-23(21)24/h4-14,19H,15-18H2,1-3H3. The average Bonchev–Trinajstić information content (AvgIpc) is 3.18. The van der Waals surface area contributed by atoms with E-state index in [0.717, 1.165) is 36.9 Å². The summed E-state index contributed by atoms with van der Waals surface area (Å²) in [6, 6.07) is 23.5. The van der Waals surface area contributed by atoms with E-state index in [4.69, 9.17) is 0 Å². The highest BCUT2D eigenvalue weighted by Crippen LogP contribution is 2.33. The predicted octanol–water partition coefficient (Wildman–Crippen LogP) is 5.93. The number of piperazine rings is 1. The number of amidine groups is 1. The summed E-state index contributed by atoms with van der Waals surface area (Å²) in [5.41, 5.74) is 3.73. The zero-order valence-corrected chi connectivity index (χ0v) is 20.2. The van der Waals surface area contributed by atoms with Crippen LogP contribution >= 0.6 is 11.8 Å². The largest absolute Gasteiger partial charge is 0.367 e. The summed E-state index contributed by atoms with van der Waals surface area (Å²) in [5, 5.41) is 3.39. The van der Waals surface area contributed by atoms with E-state index in [0.29, 0.717) is 4.91 Å². The molecule has 0 aromatic heterocycles. The lowest BCUT2D eigenvalue weighted by Crippen LogP contribution is -2.47. The number of anilines is 1. The van der Waals surface area contributed by atoms with Gasteiger partial charge in [-0.15, -0.1) is 0 Å². The molecular formula is C28H29N3OS. The highest BCUT2D eigenvalue weighted by molar-refractivity contribution is 8.18. The van der Waals surface area contributed by atoms with E-state index in [2.05, 4.69) is 102 Å². The molecule has 2 aliphatic rings. The molecule has 5 heteroatoms. The highest BCUT2D eigenvalue weighted by atomic mass is 32.2. The van der Waals surface area contributed by atoms with Crippen LogP contribution in [0.5, 0.6) is 0 Å². The molecule has 168 valence electrons. The maximum Gasteiger partial charge on any atom is 0.286 e. The molecule has 1 fully saturated rings. The predicted molar refractivity (Wildman–Crippen MR) is 141 cm³/mol.